The monoisotopic (exact) mass is 553 g/mol. The van der Waals surface area contributed by atoms with Gasteiger partial charge in [-0.05, 0) is 98.7 Å². The van der Waals surface area contributed by atoms with Crippen molar-refractivity contribution in [2.24, 2.45) is 0 Å². The summed E-state index contributed by atoms with van der Waals surface area (Å²) in [5.74, 6) is -0.970. The first-order valence-electron chi connectivity index (χ1n) is 12.6. The third kappa shape index (κ3) is 5.25. The van der Waals surface area contributed by atoms with Gasteiger partial charge in [-0.3, -0.25) is 0 Å². The maximum Gasteiger partial charge on any atom is 0.156 e. The zero-order valence-corrected chi connectivity index (χ0v) is 22.1. The van der Waals surface area contributed by atoms with Gasteiger partial charge in [-0.15, -0.1) is 11.3 Å². The van der Waals surface area contributed by atoms with Crippen LogP contribution >= 0.6 is 23.3 Å². The quantitative estimate of drug-likeness (QED) is 0.234. The van der Waals surface area contributed by atoms with Gasteiger partial charge in [-0.2, -0.15) is 0 Å². The number of anilines is 2. The van der Waals surface area contributed by atoms with Crippen LogP contribution in [0.4, 0.5) is 24.7 Å². The Labute approximate surface area is 227 Å². The Morgan fingerprint density at radius 1 is 1.00 bits per heavy atom. The Kier molecular flexibility index (Phi) is 7.03. The van der Waals surface area contributed by atoms with Gasteiger partial charge >= 0.3 is 0 Å². The fourth-order valence-electron chi connectivity index (χ4n) is 4.89. The van der Waals surface area contributed by atoms with Gasteiger partial charge in [0.25, 0.3) is 0 Å². The Morgan fingerprint density at radius 2 is 1.82 bits per heavy atom. The molecule has 2 aliphatic rings. The molecule has 1 saturated carbocycles. The third-order valence-corrected chi connectivity index (χ3v) is 9.17. The van der Waals surface area contributed by atoms with Crippen LogP contribution in [0.3, 0.4) is 0 Å². The lowest BCUT2D eigenvalue weighted by Crippen LogP contribution is -2.34. The zero-order chi connectivity index (χ0) is 26.2. The number of hydrogen-bond donors (Lipinski definition) is 2. The molecule has 0 radical (unpaired) electrons. The molecule has 0 unspecified atom stereocenters. The highest BCUT2D eigenvalue weighted by atomic mass is 32.2. The average Bonchev–Trinajstić information content (AvgIpc) is 3.68. The maximum absolute atomic E-state index is 15.9. The van der Waals surface area contributed by atoms with Crippen molar-refractivity contribution in [3.63, 3.8) is 0 Å². The van der Waals surface area contributed by atoms with E-state index in [-0.39, 0.29) is 10.6 Å². The van der Waals surface area contributed by atoms with E-state index in [1.165, 1.54) is 12.8 Å². The number of hydrogen-bond acceptors (Lipinski definition) is 7. The van der Waals surface area contributed by atoms with Crippen LogP contribution in [0.2, 0.25) is 0 Å². The van der Waals surface area contributed by atoms with Crippen molar-refractivity contribution >= 4 is 34.8 Å². The lowest BCUT2D eigenvalue weighted by Gasteiger charge is -2.30. The second-order valence-corrected chi connectivity index (χ2v) is 11.6. The molecule has 2 aromatic heterocycles. The van der Waals surface area contributed by atoms with E-state index >= 15 is 4.39 Å². The van der Waals surface area contributed by atoms with Crippen molar-refractivity contribution in [3.8, 4) is 21.7 Å². The number of nitrogens with zero attached hydrogens (tertiary/aromatic N) is 3. The standard InChI is InChI=1S/C28H26F3N5S2/c29-18-4-7-21(30)23(15-18)38-35-22-3-1-2-20(25(22)31)26-27(17-8-11-33-24(32)14-17)37-28(34-26)16-9-12-36(13-10-16)19-5-6-19/h1-4,7-8,11,14-16,19,35H,5-6,9-10,12-13H2,(H2,32,33). The molecule has 2 fully saturated rings. The van der Waals surface area contributed by atoms with Crippen LogP contribution in [0.1, 0.15) is 36.6 Å². The summed E-state index contributed by atoms with van der Waals surface area (Å²) in [6, 6.07) is 12.5. The molecule has 2 aromatic carbocycles. The molecule has 0 bridgehead atoms. The van der Waals surface area contributed by atoms with Gasteiger partial charge in [-0.1, -0.05) is 6.07 Å². The topological polar surface area (TPSA) is 67.1 Å². The predicted molar refractivity (Wildman–Crippen MR) is 148 cm³/mol. The van der Waals surface area contributed by atoms with Gasteiger partial charge in [0.2, 0.25) is 0 Å². The molecular formula is C28H26F3N5S2. The summed E-state index contributed by atoms with van der Waals surface area (Å²) < 4.78 is 46.4. The van der Waals surface area contributed by atoms with Crippen molar-refractivity contribution in [1.82, 2.24) is 14.9 Å². The normalized spacial score (nSPS) is 16.6. The molecule has 10 heteroatoms. The van der Waals surface area contributed by atoms with E-state index in [1.54, 1.807) is 41.8 Å². The van der Waals surface area contributed by atoms with Crippen molar-refractivity contribution < 1.29 is 13.2 Å². The summed E-state index contributed by atoms with van der Waals surface area (Å²) in [4.78, 5) is 12.5. The molecule has 0 atom stereocenters. The van der Waals surface area contributed by atoms with Crippen LogP contribution in [-0.2, 0) is 0 Å². The van der Waals surface area contributed by atoms with Gasteiger partial charge in [0.05, 0.1) is 26.2 Å². The fourth-order valence-corrected chi connectivity index (χ4v) is 6.85. The van der Waals surface area contributed by atoms with E-state index < -0.39 is 17.5 Å². The second kappa shape index (κ2) is 10.6. The summed E-state index contributed by atoms with van der Waals surface area (Å²) in [7, 11) is 0. The van der Waals surface area contributed by atoms with E-state index in [1.807, 2.05) is 6.07 Å². The van der Waals surface area contributed by atoms with Gasteiger partial charge in [0, 0.05) is 23.7 Å². The van der Waals surface area contributed by atoms with Crippen LogP contribution in [0.15, 0.2) is 59.6 Å². The number of nitrogen functional groups attached to an aromatic ring is 1. The van der Waals surface area contributed by atoms with E-state index in [2.05, 4.69) is 14.6 Å². The number of likely N-dealkylation sites (tertiary alicyclic amines) is 1. The Bertz CT molecular complexity index is 1460. The molecule has 3 heterocycles. The minimum absolute atomic E-state index is 0.0382. The molecule has 6 rings (SSSR count). The number of nitrogens with two attached hydrogens (primary N) is 1. The van der Waals surface area contributed by atoms with Crippen molar-refractivity contribution in [1.29, 1.82) is 0 Å². The predicted octanol–water partition coefficient (Wildman–Crippen LogP) is 7.33. The first-order valence-corrected chi connectivity index (χ1v) is 14.2. The largest absolute Gasteiger partial charge is 0.384 e. The minimum Gasteiger partial charge on any atom is -0.384 e. The molecule has 0 amide bonds. The number of benzene rings is 2. The molecule has 0 spiro atoms. The summed E-state index contributed by atoms with van der Waals surface area (Å²) >= 11 is 2.40. The molecule has 196 valence electrons. The molecule has 1 aliphatic carbocycles. The first kappa shape index (κ1) is 25.2. The van der Waals surface area contributed by atoms with Crippen LogP contribution in [0.25, 0.3) is 21.7 Å². The van der Waals surface area contributed by atoms with Crippen LogP contribution in [-0.4, -0.2) is 34.0 Å². The average molecular weight is 554 g/mol. The van der Waals surface area contributed by atoms with E-state index in [9.17, 15) is 8.78 Å². The summed E-state index contributed by atoms with van der Waals surface area (Å²) in [6.07, 6.45) is 6.30. The number of rotatable bonds is 7. The number of aromatic nitrogens is 2. The number of thiazole rings is 1. The Balaban J connectivity index is 1.33. The lowest BCUT2D eigenvalue weighted by molar-refractivity contribution is 0.203. The third-order valence-electron chi connectivity index (χ3n) is 7.05. The van der Waals surface area contributed by atoms with Crippen LogP contribution in [0.5, 0.6) is 0 Å². The minimum atomic E-state index is -0.588. The number of pyridine rings is 1. The molecule has 3 N–H and O–H groups in total. The number of halogens is 3. The highest BCUT2D eigenvalue weighted by Crippen LogP contribution is 2.44. The van der Waals surface area contributed by atoms with E-state index in [0.717, 1.165) is 77.6 Å². The van der Waals surface area contributed by atoms with Crippen LogP contribution < -0.4 is 10.5 Å². The number of nitrogens with one attached hydrogen (secondary N) is 1. The molecule has 5 nitrogen and oxygen atoms in total. The van der Waals surface area contributed by atoms with Gasteiger partial charge in [0.15, 0.2) is 5.82 Å². The van der Waals surface area contributed by atoms with Crippen molar-refractivity contribution in [3.05, 3.63) is 77.2 Å². The van der Waals surface area contributed by atoms with Gasteiger partial charge in [0.1, 0.15) is 17.5 Å². The van der Waals surface area contributed by atoms with E-state index in [4.69, 9.17) is 10.7 Å². The van der Waals surface area contributed by atoms with E-state index in [0.29, 0.717) is 23.0 Å². The van der Waals surface area contributed by atoms with Crippen molar-refractivity contribution in [2.75, 3.05) is 23.5 Å². The molecule has 1 aliphatic heterocycles. The molecular weight excluding hydrogens is 527 g/mol. The zero-order valence-electron chi connectivity index (χ0n) is 20.5. The summed E-state index contributed by atoms with van der Waals surface area (Å²) in [5.41, 5.74) is 7.85. The highest BCUT2D eigenvalue weighted by molar-refractivity contribution is 8.00. The first-order chi connectivity index (χ1) is 18.5. The smallest absolute Gasteiger partial charge is 0.156 e. The lowest BCUT2D eigenvalue weighted by atomic mass is 9.97. The highest BCUT2D eigenvalue weighted by Gasteiger charge is 2.33. The van der Waals surface area contributed by atoms with Crippen LogP contribution in [0, 0.1) is 17.5 Å². The summed E-state index contributed by atoms with van der Waals surface area (Å²) in [6.45, 7) is 2.12. The number of piperidine rings is 1. The Morgan fingerprint density at radius 3 is 2.58 bits per heavy atom. The molecule has 1 saturated heterocycles. The summed E-state index contributed by atoms with van der Waals surface area (Å²) in [5, 5.41) is 0.995. The Hall–Kier alpha value is -3.08. The maximum atomic E-state index is 15.9. The molecule has 4 aromatic rings. The fraction of sp³-hybridized carbons (Fsp3) is 0.286. The van der Waals surface area contributed by atoms with Gasteiger partial charge in [-0.25, -0.2) is 23.1 Å². The van der Waals surface area contributed by atoms with Gasteiger partial charge < -0.3 is 15.4 Å². The van der Waals surface area contributed by atoms with Crippen molar-refractivity contribution in [2.45, 2.75) is 42.5 Å². The second-order valence-electron chi connectivity index (χ2n) is 9.69. The SMILES string of the molecule is Nc1cc(-c2sc(C3CCN(C4CC4)CC3)nc2-c2cccc(NSc3cc(F)ccc3F)c2F)ccn1. The molecule has 38 heavy (non-hydrogen) atoms.